The molecule has 2 aromatic heterocycles. The van der Waals surface area contributed by atoms with Crippen molar-refractivity contribution in [3.8, 4) is 28.3 Å². The third-order valence-corrected chi connectivity index (χ3v) is 4.61. The first-order valence-electron chi connectivity index (χ1n) is 9.19. The van der Waals surface area contributed by atoms with Crippen molar-refractivity contribution in [3.05, 3.63) is 59.6 Å². The predicted octanol–water partition coefficient (Wildman–Crippen LogP) is 5.14. The minimum absolute atomic E-state index is 0.0290. The lowest BCUT2D eigenvalue weighted by Crippen LogP contribution is -1.97. The molecule has 7 nitrogen and oxygen atoms in total. The highest BCUT2D eigenvalue weighted by Gasteiger charge is 2.24. The molecule has 0 atom stereocenters. The molecular weight excluding hydrogens is 393 g/mol. The van der Waals surface area contributed by atoms with Crippen LogP contribution in [0.1, 0.15) is 23.0 Å². The first kappa shape index (κ1) is 19.7. The number of aromatic nitrogens is 1. The summed E-state index contributed by atoms with van der Waals surface area (Å²) < 4.78 is 35.3. The van der Waals surface area contributed by atoms with Crippen LogP contribution in [0.3, 0.4) is 0 Å². The zero-order chi connectivity index (χ0) is 21.3. The molecule has 2 heterocycles. The van der Waals surface area contributed by atoms with Gasteiger partial charge in [0.25, 0.3) is 0 Å². The van der Waals surface area contributed by atoms with Crippen LogP contribution in [0.2, 0.25) is 0 Å². The normalized spacial score (nSPS) is 11.2. The number of halogens is 1. The molecule has 0 aliphatic rings. The molecule has 0 saturated carbocycles. The molecule has 8 heteroatoms. The van der Waals surface area contributed by atoms with E-state index in [-0.39, 0.29) is 17.9 Å². The van der Waals surface area contributed by atoms with E-state index in [2.05, 4.69) is 5.16 Å². The fourth-order valence-electron chi connectivity index (χ4n) is 3.22. The smallest absolute Gasteiger partial charge is 0.340 e. The first-order valence-corrected chi connectivity index (χ1v) is 9.19. The van der Waals surface area contributed by atoms with E-state index in [1.807, 2.05) is 6.92 Å². The van der Waals surface area contributed by atoms with Crippen LogP contribution in [0.15, 0.2) is 51.4 Å². The largest absolute Gasteiger partial charge is 0.496 e. The van der Waals surface area contributed by atoms with Gasteiger partial charge in [0.15, 0.2) is 5.76 Å². The van der Waals surface area contributed by atoms with Crippen molar-refractivity contribution in [1.29, 1.82) is 0 Å². The molecule has 4 aromatic rings. The van der Waals surface area contributed by atoms with Crippen LogP contribution in [-0.2, 0) is 11.3 Å². The van der Waals surface area contributed by atoms with Crippen molar-refractivity contribution in [2.45, 2.75) is 13.5 Å². The average Bonchev–Trinajstić information content (AvgIpc) is 3.36. The van der Waals surface area contributed by atoms with E-state index < -0.39 is 11.8 Å². The second-order valence-corrected chi connectivity index (χ2v) is 6.48. The number of nitrogens with zero attached hydrogens (tertiary/aromatic N) is 1. The zero-order valence-electron chi connectivity index (χ0n) is 16.3. The predicted molar refractivity (Wildman–Crippen MR) is 106 cm³/mol. The Morgan fingerprint density at radius 2 is 1.97 bits per heavy atom. The van der Waals surface area contributed by atoms with Crippen molar-refractivity contribution in [2.24, 2.45) is 0 Å². The summed E-state index contributed by atoms with van der Waals surface area (Å²) in [6.07, 6.45) is 0. The van der Waals surface area contributed by atoms with Crippen LogP contribution < -0.4 is 4.74 Å². The van der Waals surface area contributed by atoms with Gasteiger partial charge in [-0.25, -0.2) is 9.18 Å². The Morgan fingerprint density at radius 1 is 1.20 bits per heavy atom. The maximum absolute atomic E-state index is 13.3. The third-order valence-electron chi connectivity index (χ3n) is 4.61. The highest BCUT2D eigenvalue weighted by molar-refractivity contribution is 6.09. The average molecular weight is 411 g/mol. The lowest BCUT2D eigenvalue weighted by atomic mass is 10.0. The molecular formula is C22H18FNO6. The Balaban J connectivity index is 1.87. The number of fused-ring (bicyclic) bond motifs is 1. The maximum Gasteiger partial charge on any atom is 0.340 e. The van der Waals surface area contributed by atoms with Crippen LogP contribution in [0.25, 0.3) is 33.6 Å². The van der Waals surface area contributed by atoms with Gasteiger partial charge in [0.05, 0.1) is 7.11 Å². The minimum Gasteiger partial charge on any atom is -0.496 e. The molecule has 0 unspecified atom stereocenters. The van der Waals surface area contributed by atoms with Crippen LogP contribution in [0, 0.1) is 5.82 Å². The van der Waals surface area contributed by atoms with Crippen molar-refractivity contribution in [2.75, 3.05) is 13.7 Å². The summed E-state index contributed by atoms with van der Waals surface area (Å²) in [4.78, 5) is 12.0. The number of methoxy groups -OCH3 is 1. The van der Waals surface area contributed by atoms with Crippen LogP contribution >= 0.6 is 0 Å². The molecule has 0 amide bonds. The van der Waals surface area contributed by atoms with E-state index in [0.29, 0.717) is 45.9 Å². The number of benzene rings is 2. The minimum atomic E-state index is -1.16. The number of ether oxygens (including phenoxy) is 2. The maximum atomic E-state index is 13.3. The molecule has 0 aliphatic heterocycles. The molecule has 4 rings (SSSR count). The topological polar surface area (TPSA) is 94.9 Å². The number of hydrogen-bond donors (Lipinski definition) is 1. The summed E-state index contributed by atoms with van der Waals surface area (Å²) in [6, 6.07) is 10.4. The number of aromatic carboxylic acids is 1. The third kappa shape index (κ3) is 3.53. The first-order chi connectivity index (χ1) is 14.5. The second-order valence-electron chi connectivity index (χ2n) is 6.48. The number of furan rings is 1. The van der Waals surface area contributed by atoms with Crippen molar-refractivity contribution >= 4 is 16.9 Å². The van der Waals surface area contributed by atoms with Crippen molar-refractivity contribution < 1.29 is 32.7 Å². The monoisotopic (exact) mass is 411 g/mol. The Labute approximate surface area is 170 Å². The molecule has 0 radical (unpaired) electrons. The van der Waals surface area contributed by atoms with Crippen LogP contribution in [-0.4, -0.2) is 29.9 Å². The molecule has 1 N–H and O–H groups in total. The number of hydrogen-bond acceptors (Lipinski definition) is 6. The molecule has 0 bridgehead atoms. The Morgan fingerprint density at radius 3 is 2.63 bits per heavy atom. The molecule has 0 saturated heterocycles. The van der Waals surface area contributed by atoms with E-state index >= 15 is 0 Å². The van der Waals surface area contributed by atoms with Gasteiger partial charge in [-0.1, -0.05) is 5.16 Å². The van der Waals surface area contributed by atoms with E-state index in [4.69, 9.17) is 18.4 Å². The van der Waals surface area contributed by atoms with Gasteiger partial charge >= 0.3 is 5.97 Å². The molecule has 0 fully saturated rings. The molecule has 0 aliphatic carbocycles. The van der Waals surface area contributed by atoms with Gasteiger partial charge in [-0.2, -0.15) is 0 Å². The Bertz CT molecular complexity index is 1210. The lowest BCUT2D eigenvalue weighted by Gasteiger charge is -2.06. The lowest BCUT2D eigenvalue weighted by molar-refractivity contribution is 0.0699. The number of carboxylic acids is 1. The summed E-state index contributed by atoms with van der Waals surface area (Å²) in [5.74, 6) is -0.499. The Kier molecular flexibility index (Phi) is 5.24. The summed E-state index contributed by atoms with van der Waals surface area (Å²) in [5, 5.41) is 14.2. The summed E-state index contributed by atoms with van der Waals surface area (Å²) in [6.45, 7) is 2.71. The van der Waals surface area contributed by atoms with E-state index in [1.165, 1.54) is 31.4 Å². The molecule has 154 valence electrons. The zero-order valence-corrected chi connectivity index (χ0v) is 16.3. The standard InChI is InChI=1S/C22H18FNO6/c1-3-28-11-14-8-17(24-30-14)15-9-19-16(10-18(15)27-2)20(22(25)26)21(29-19)12-4-6-13(23)7-5-12/h4-10H,3,11H2,1-2H3,(H,25,26). The summed E-state index contributed by atoms with van der Waals surface area (Å²) in [5.41, 5.74) is 1.83. The van der Waals surface area contributed by atoms with Gasteiger partial charge in [0.2, 0.25) is 0 Å². The Hall–Kier alpha value is -3.65. The van der Waals surface area contributed by atoms with Crippen LogP contribution in [0.4, 0.5) is 4.39 Å². The van der Waals surface area contributed by atoms with Crippen molar-refractivity contribution in [1.82, 2.24) is 5.16 Å². The van der Waals surface area contributed by atoms with Gasteiger partial charge in [0, 0.05) is 29.2 Å². The van der Waals surface area contributed by atoms with Gasteiger partial charge in [-0.15, -0.1) is 0 Å². The van der Waals surface area contributed by atoms with E-state index in [0.717, 1.165) is 0 Å². The van der Waals surface area contributed by atoms with Gasteiger partial charge in [-0.05, 0) is 43.3 Å². The summed E-state index contributed by atoms with van der Waals surface area (Å²) >= 11 is 0. The highest BCUT2D eigenvalue weighted by atomic mass is 19.1. The molecule has 0 spiro atoms. The van der Waals surface area contributed by atoms with Crippen molar-refractivity contribution in [3.63, 3.8) is 0 Å². The highest BCUT2D eigenvalue weighted by Crippen LogP contribution is 2.40. The quantitative estimate of drug-likeness (QED) is 0.450. The molecule has 2 aromatic carbocycles. The fourth-order valence-corrected chi connectivity index (χ4v) is 3.22. The van der Waals surface area contributed by atoms with Crippen LogP contribution in [0.5, 0.6) is 5.75 Å². The van der Waals surface area contributed by atoms with E-state index in [1.54, 1.807) is 18.2 Å². The number of carboxylic acid groups (broad SMARTS) is 1. The number of carbonyl (C=O) groups is 1. The molecule has 30 heavy (non-hydrogen) atoms. The SMILES string of the molecule is CCOCc1cc(-c2cc3oc(-c4ccc(F)cc4)c(C(=O)O)c3cc2OC)no1. The fraction of sp³-hybridized carbons (Fsp3) is 0.182. The van der Waals surface area contributed by atoms with E-state index in [9.17, 15) is 14.3 Å². The summed E-state index contributed by atoms with van der Waals surface area (Å²) in [7, 11) is 1.48. The van der Waals surface area contributed by atoms with Gasteiger partial charge in [-0.3, -0.25) is 0 Å². The van der Waals surface area contributed by atoms with Gasteiger partial charge in [0.1, 0.15) is 40.8 Å². The number of rotatable bonds is 7. The second kappa shape index (κ2) is 8.00. The van der Waals surface area contributed by atoms with Gasteiger partial charge < -0.3 is 23.5 Å².